The van der Waals surface area contributed by atoms with Gasteiger partial charge in [0.1, 0.15) is 6.04 Å². The minimum Gasteiger partial charge on any atom is -0.480 e. The summed E-state index contributed by atoms with van der Waals surface area (Å²) in [6.45, 7) is 0.612. The van der Waals surface area contributed by atoms with Gasteiger partial charge < -0.3 is 10.4 Å². The number of hydrogen-bond acceptors (Lipinski definition) is 2. The highest BCUT2D eigenvalue weighted by Gasteiger charge is 2.35. The maximum Gasteiger partial charge on any atom is 0.320 e. The van der Waals surface area contributed by atoms with Crippen molar-refractivity contribution in [3.05, 3.63) is 34.3 Å². The molecule has 1 aliphatic rings. The molecule has 1 aromatic carbocycles. The third-order valence-corrected chi connectivity index (χ3v) is 3.33. The average Bonchev–Trinajstić information content (AvgIpc) is 3.05. The number of carboxylic acids is 1. The van der Waals surface area contributed by atoms with E-state index in [1.807, 2.05) is 24.3 Å². The van der Waals surface area contributed by atoms with Crippen LogP contribution in [0, 0.1) is 5.92 Å². The highest BCUT2D eigenvalue weighted by molar-refractivity contribution is 9.10. The summed E-state index contributed by atoms with van der Waals surface area (Å²) >= 11 is 3.37. The van der Waals surface area contributed by atoms with Gasteiger partial charge in [0.05, 0.1) is 0 Å². The Kier molecular flexibility index (Phi) is 3.61. The third kappa shape index (κ3) is 3.06. The summed E-state index contributed by atoms with van der Waals surface area (Å²) < 4.78 is 1.04. The zero-order valence-electron chi connectivity index (χ0n) is 8.82. The van der Waals surface area contributed by atoms with Crippen LogP contribution in [0.15, 0.2) is 28.7 Å². The number of aliphatic carboxylic acids is 1. The zero-order chi connectivity index (χ0) is 11.5. The molecule has 0 aromatic heterocycles. The van der Waals surface area contributed by atoms with Crippen molar-refractivity contribution < 1.29 is 9.90 Å². The minimum atomic E-state index is -0.736. The van der Waals surface area contributed by atoms with Crippen molar-refractivity contribution in [2.45, 2.75) is 25.4 Å². The quantitative estimate of drug-likeness (QED) is 0.873. The molecule has 1 aliphatic carbocycles. The van der Waals surface area contributed by atoms with E-state index in [1.165, 1.54) is 0 Å². The second kappa shape index (κ2) is 4.97. The molecular weight excluding hydrogens is 270 g/mol. The van der Waals surface area contributed by atoms with Crippen LogP contribution in [0.5, 0.6) is 0 Å². The van der Waals surface area contributed by atoms with Gasteiger partial charge in [-0.15, -0.1) is 0 Å². The van der Waals surface area contributed by atoms with Crippen LogP contribution in [0.2, 0.25) is 0 Å². The lowest BCUT2D eigenvalue weighted by Crippen LogP contribution is -2.37. The van der Waals surface area contributed by atoms with Crippen molar-refractivity contribution in [2.24, 2.45) is 5.92 Å². The van der Waals surface area contributed by atoms with Crippen LogP contribution in [0.25, 0.3) is 0 Å². The fourth-order valence-corrected chi connectivity index (χ4v) is 1.98. The van der Waals surface area contributed by atoms with Crippen LogP contribution in [0.3, 0.4) is 0 Å². The molecule has 2 N–H and O–H groups in total. The molecule has 0 amide bonds. The zero-order valence-corrected chi connectivity index (χ0v) is 10.4. The molecule has 1 saturated carbocycles. The molecule has 2 rings (SSSR count). The van der Waals surface area contributed by atoms with Crippen LogP contribution in [0.1, 0.15) is 18.4 Å². The van der Waals surface area contributed by atoms with Gasteiger partial charge in [0.2, 0.25) is 0 Å². The Balaban J connectivity index is 1.90. The standard InChI is InChI=1S/C12H14BrNO2/c13-10-5-1-8(2-6-10)7-14-11(12(15)16)9-3-4-9/h1-2,5-6,9,11,14H,3-4,7H2,(H,15,16). The van der Waals surface area contributed by atoms with E-state index in [0.717, 1.165) is 22.9 Å². The summed E-state index contributed by atoms with van der Waals surface area (Å²) in [5.74, 6) is -0.410. The average molecular weight is 284 g/mol. The van der Waals surface area contributed by atoms with Gasteiger partial charge in [-0.25, -0.2) is 0 Å². The SMILES string of the molecule is O=C(O)C(NCc1ccc(Br)cc1)C1CC1. The highest BCUT2D eigenvalue weighted by Crippen LogP contribution is 2.32. The second-order valence-electron chi connectivity index (χ2n) is 4.16. The van der Waals surface area contributed by atoms with Gasteiger partial charge in [-0.05, 0) is 36.5 Å². The molecule has 3 nitrogen and oxygen atoms in total. The summed E-state index contributed by atoms with van der Waals surface area (Å²) in [5.41, 5.74) is 1.11. The molecule has 0 saturated heterocycles. The van der Waals surface area contributed by atoms with Crippen LogP contribution in [-0.2, 0) is 11.3 Å². The Morgan fingerprint density at radius 2 is 2.06 bits per heavy atom. The fraction of sp³-hybridized carbons (Fsp3) is 0.417. The fourth-order valence-electron chi connectivity index (χ4n) is 1.72. The number of carbonyl (C=O) groups is 1. The minimum absolute atomic E-state index is 0.327. The van der Waals surface area contributed by atoms with Crippen molar-refractivity contribution in [1.82, 2.24) is 5.32 Å². The third-order valence-electron chi connectivity index (χ3n) is 2.80. The van der Waals surface area contributed by atoms with E-state index < -0.39 is 5.97 Å². The number of rotatable bonds is 5. The molecule has 4 heteroatoms. The first kappa shape index (κ1) is 11.6. The van der Waals surface area contributed by atoms with Gasteiger partial charge in [-0.1, -0.05) is 28.1 Å². The van der Waals surface area contributed by atoms with E-state index >= 15 is 0 Å². The van der Waals surface area contributed by atoms with E-state index in [2.05, 4.69) is 21.2 Å². The van der Waals surface area contributed by atoms with Crippen molar-refractivity contribution in [1.29, 1.82) is 0 Å². The second-order valence-corrected chi connectivity index (χ2v) is 5.08. The lowest BCUT2D eigenvalue weighted by molar-refractivity contribution is -0.140. The number of benzene rings is 1. The summed E-state index contributed by atoms with van der Waals surface area (Å²) in [5, 5.41) is 12.1. The van der Waals surface area contributed by atoms with E-state index in [9.17, 15) is 4.79 Å². The molecule has 1 fully saturated rings. The summed E-state index contributed by atoms with van der Waals surface area (Å²) in [4.78, 5) is 11.0. The van der Waals surface area contributed by atoms with Crippen LogP contribution >= 0.6 is 15.9 Å². The topological polar surface area (TPSA) is 49.3 Å². The normalized spacial score (nSPS) is 17.1. The smallest absolute Gasteiger partial charge is 0.320 e. The molecule has 0 heterocycles. The van der Waals surface area contributed by atoms with Crippen molar-refractivity contribution in [3.63, 3.8) is 0 Å². The van der Waals surface area contributed by atoms with E-state index in [1.54, 1.807) is 0 Å². The largest absolute Gasteiger partial charge is 0.480 e. The van der Waals surface area contributed by atoms with Gasteiger partial charge in [-0.3, -0.25) is 4.79 Å². The Morgan fingerprint density at radius 1 is 1.44 bits per heavy atom. The highest BCUT2D eigenvalue weighted by atomic mass is 79.9. The van der Waals surface area contributed by atoms with Gasteiger partial charge in [0, 0.05) is 11.0 Å². The van der Waals surface area contributed by atoms with Crippen LogP contribution in [0.4, 0.5) is 0 Å². The first-order valence-corrected chi connectivity index (χ1v) is 6.17. The Morgan fingerprint density at radius 3 is 2.56 bits per heavy atom. The lowest BCUT2D eigenvalue weighted by atomic mass is 10.1. The Bertz CT molecular complexity index is 373. The molecular formula is C12H14BrNO2. The predicted octanol–water partition coefficient (Wildman–Crippen LogP) is 2.40. The predicted molar refractivity (Wildman–Crippen MR) is 65.1 cm³/mol. The van der Waals surface area contributed by atoms with E-state index in [-0.39, 0.29) is 6.04 Å². The molecule has 0 radical (unpaired) electrons. The van der Waals surface area contributed by atoms with Crippen molar-refractivity contribution >= 4 is 21.9 Å². The van der Waals surface area contributed by atoms with Crippen LogP contribution in [-0.4, -0.2) is 17.1 Å². The first-order valence-electron chi connectivity index (χ1n) is 5.37. The molecule has 1 atom stereocenters. The molecule has 86 valence electrons. The molecule has 1 aromatic rings. The monoisotopic (exact) mass is 283 g/mol. The molecule has 0 spiro atoms. The first-order chi connectivity index (χ1) is 7.66. The van der Waals surface area contributed by atoms with E-state index in [4.69, 9.17) is 5.11 Å². The number of carboxylic acid groups (broad SMARTS) is 1. The van der Waals surface area contributed by atoms with Crippen LogP contribution < -0.4 is 5.32 Å². The molecule has 0 bridgehead atoms. The Hall–Kier alpha value is -0.870. The molecule has 16 heavy (non-hydrogen) atoms. The summed E-state index contributed by atoms with van der Waals surface area (Å²) in [6.07, 6.45) is 2.06. The number of halogens is 1. The number of nitrogens with one attached hydrogen (secondary N) is 1. The van der Waals surface area contributed by atoms with E-state index in [0.29, 0.717) is 12.5 Å². The van der Waals surface area contributed by atoms with Gasteiger partial charge in [0.25, 0.3) is 0 Å². The lowest BCUT2D eigenvalue weighted by Gasteiger charge is -2.13. The summed E-state index contributed by atoms with van der Waals surface area (Å²) in [7, 11) is 0. The maximum atomic E-state index is 11.0. The number of hydrogen-bond donors (Lipinski definition) is 2. The van der Waals surface area contributed by atoms with Gasteiger partial charge in [0.15, 0.2) is 0 Å². The van der Waals surface area contributed by atoms with Gasteiger partial charge >= 0.3 is 5.97 Å². The summed E-state index contributed by atoms with van der Waals surface area (Å²) in [6, 6.07) is 7.52. The molecule has 1 unspecified atom stereocenters. The Labute approximate surface area is 103 Å². The van der Waals surface area contributed by atoms with Crippen molar-refractivity contribution in [3.8, 4) is 0 Å². The molecule has 0 aliphatic heterocycles. The maximum absolute atomic E-state index is 11.0. The van der Waals surface area contributed by atoms with Gasteiger partial charge in [-0.2, -0.15) is 0 Å². The van der Waals surface area contributed by atoms with Crippen molar-refractivity contribution in [2.75, 3.05) is 0 Å².